The maximum absolute atomic E-state index is 17.0. The van der Waals surface area contributed by atoms with Crippen LogP contribution in [0.3, 0.4) is 0 Å². The lowest BCUT2D eigenvalue weighted by molar-refractivity contribution is -0.266. The van der Waals surface area contributed by atoms with Gasteiger partial charge >= 0.3 is 12.1 Å². The van der Waals surface area contributed by atoms with E-state index < -0.39 is 77.3 Å². The summed E-state index contributed by atoms with van der Waals surface area (Å²) in [5.41, 5.74) is -4.42. The number of cyclic esters (lactones) is 1. The van der Waals surface area contributed by atoms with Crippen LogP contribution in [0.1, 0.15) is 94.4 Å². The summed E-state index contributed by atoms with van der Waals surface area (Å²) in [6, 6.07) is 4.17. The van der Waals surface area contributed by atoms with Gasteiger partial charge in [0, 0.05) is 51.0 Å². The van der Waals surface area contributed by atoms with Crippen molar-refractivity contribution >= 4 is 17.8 Å². The number of hydrogen-bond donors (Lipinski definition) is 2. The number of aryl methyl sites for hydroxylation is 1. The molecule has 0 radical (unpaired) electrons. The quantitative estimate of drug-likeness (QED) is 0.102. The zero-order valence-electron chi connectivity index (χ0n) is 37.7. The molecule has 4 heterocycles. The second-order valence-electron chi connectivity index (χ2n) is 17.3. The van der Waals surface area contributed by atoms with Crippen LogP contribution in [-0.2, 0) is 39.8 Å². The van der Waals surface area contributed by atoms with Gasteiger partial charge in [0.05, 0.1) is 29.6 Å². The number of aliphatic hydroxyl groups excluding tert-OH is 1. The molecule has 338 valence electrons. The van der Waals surface area contributed by atoms with Gasteiger partial charge in [-0.15, -0.1) is 5.10 Å². The Kier molecular flexibility index (Phi) is 17.1. The Morgan fingerprint density at radius 2 is 1.77 bits per heavy atom. The number of ether oxygens (including phenoxy) is 5. The topological polar surface area (TPSA) is 180 Å². The molecule has 2 aromatic heterocycles. The number of unbranched alkanes of at least 4 members (excludes halogenated alkanes) is 1. The number of esters is 1. The number of carbonyl (C=O) groups excluding carboxylic acids is 3. The lowest BCUT2D eigenvalue weighted by Gasteiger charge is -2.44. The number of alkyl halides is 1. The van der Waals surface area contributed by atoms with E-state index in [1.54, 1.807) is 43.5 Å². The van der Waals surface area contributed by atoms with E-state index >= 15 is 4.39 Å². The molecule has 0 aliphatic carbocycles. The second kappa shape index (κ2) is 21.0. The van der Waals surface area contributed by atoms with Crippen LogP contribution in [0.25, 0.3) is 11.4 Å². The number of aliphatic hydroxyl groups is 1. The third kappa shape index (κ3) is 10.9. The number of nitrogens with one attached hydrogen (secondary N) is 1. The third-order valence-corrected chi connectivity index (χ3v) is 12.4. The monoisotopic (exact) mass is 848 g/mol. The predicted molar refractivity (Wildman–Crippen MR) is 222 cm³/mol. The highest BCUT2D eigenvalue weighted by Crippen LogP contribution is 2.40. The van der Waals surface area contributed by atoms with E-state index in [0.717, 1.165) is 12.6 Å². The number of ketones is 1. The molecular formula is C43H70FN7O9. The van der Waals surface area contributed by atoms with Crippen molar-refractivity contribution in [2.75, 3.05) is 40.9 Å². The van der Waals surface area contributed by atoms with Crippen molar-refractivity contribution in [3.8, 4) is 11.4 Å². The van der Waals surface area contributed by atoms with Crippen LogP contribution >= 0.6 is 0 Å². The fourth-order valence-corrected chi connectivity index (χ4v) is 9.08. The molecule has 4 rings (SSSR count). The van der Waals surface area contributed by atoms with Gasteiger partial charge in [-0.05, 0) is 105 Å². The maximum Gasteiger partial charge on any atom is 0.410 e. The van der Waals surface area contributed by atoms with E-state index in [1.165, 1.54) is 14.0 Å². The number of aromatic nitrogens is 4. The van der Waals surface area contributed by atoms with Crippen LogP contribution in [0.4, 0.5) is 9.18 Å². The number of fused-ring (bicyclic) bond motifs is 1. The van der Waals surface area contributed by atoms with E-state index in [1.807, 2.05) is 64.2 Å². The van der Waals surface area contributed by atoms with Gasteiger partial charge in [0.25, 0.3) is 5.67 Å². The number of pyridine rings is 1. The highest BCUT2D eigenvalue weighted by atomic mass is 19.1. The van der Waals surface area contributed by atoms with Crippen molar-refractivity contribution in [2.45, 2.75) is 161 Å². The van der Waals surface area contributed by atoms with Crippen molar-refractivity contribution in [1.29, 1.82) is 0 Å². The average molecular weight is 848 g/mol. The smallest absolute Gasteiger partial charge is 0.410 e. The van der Waals surface area contributed by atoms with Crippen molar-refractivity contribution in [1.82, 2.24) is 35.1 Å². The molecule has 60 heavy (non-hydrogen) atoms. The lowest BCUT2D eigenvalue weighted by Crippen LogP contribution is -2.61. The molecule has 1 amide bonds. The highest BCUT2D eigenvalue weighted by molar-refractivity contribution is 6.07. The number of hydrogen-bond acceptors (Lipinski definition) is 14. The van der Waals surface area contributed by atoms with E-state index in [4.69, 9.17) is 23.7 Å². The molecular weight excluding hydrogens is 778 g/mol. The molecule has 2 N–H and O–H groups in total. The first-order chi connectivity index (χ1) is 28.3. The summed E-state index contributed by atoms with van der Waals surface area (Å²) in [7, 11) is 5.17. The van der Waals surface area contributed by atoms with Crippen molar-refractivity contribution in [2.24, 2.45) is 11.8 Å². The van der Waals surface area contributed by atoms with Gasteiger partial charge in [-0.1, -0.05) is 39.0 Å². The Hall–Kier alpha value is -3.61. The van der Waals surface area contributed by atoms with E-state index in [0.29, 0.717) is 51.0 Å². The van der Waals surface area contributed by atoms with Crippen LogP contribution in [-0.4, -0.2) is 153 Å². The number of Topliss-reactive ketones (excluding diaryl/α,β-unsaturated/α-hetero) is 1. The second-order valence-corrected chi connectivity index (χ2v) is 17.3. The molecule has 0 aromatic carbocycles. The number of rotatable bonds is 16. The van der Waals surface area contributed by atoms with Gasteiger partial charge in [-0.25, -0.2) is 14.0 Å². The molecule has 2 aromatic rings. The molecule has 2 aliphatic heterocycles. The summed E-state index contributed by atoms with van der Waals surface area (Å²) in [5, 5.41) is 23.7. The number of likely N-dealkylation sites (N-methyl/N-ethyl adjacent to an activating group) is 1. The van der Waals surface area contributed by atoms with Gasteiger partial charge in [-0.3, -0.25) is 19.4 Å². The van der Waals surface area contributed by atoms with Crippen molar-refractivity contribution in [3.05, 3.63) is 30.6 Å². The largest absolute Gasteiger partial charge is 0.455 e. The minimum atomic E-state index is -3.14. The van der Waals surface area contributed by atoms with Gasteiger partial charge in [0.15, 0.2) is 17.7 Å². The predicted octanol–water partition coefficient (Wildman–Crippen LogP) is 4.83. The molecule has 2 aliphatic rings. The fourth-order valence-electron chi connectivity index (χ4n) is 9.08. The Labute approximate surface area is 355 Å². The average Bonchev–Trinajstić information content (AvgIpc) is 3.79. The van der Waals surface area contributed by atoms with E-state index in [2.05, 4.69) is 20.6 Å². The molecule has 0 spiro atoms. The molecule has 17 heteroatoms. The molecule has 16 nitrogen and oxygen atoms in total. The number of halogens is 1. The standard InChI is InChI=1S/C43H70FN7O9/c1-13-32(49(10)11)34(52)38(57-15-3)59-37-28(5)36(53)42(8,44)39(54)58-33(14-2)43(9)35(29(6)46-25-27(4)24-41(37,7)56-12)51(40(55)60-43)23-19-18-22-50-26-31(47-48-50)30-20-16-17-21-45-30/h16-17,20-21,26-29,32-35,37-38,46,52H,13-15,18-19,22-25H2,1-12H3/t27-,28-,29-,32?,33-,34?,35-,37-,38+,41-,42?,43-/m1/s1. The first kappa shape index (κ1) is 49.0. The van der Waals surface area contributed by atoms with Crippen molar-refractivity contribution in [3.63, 3.8) is 0 Å². The fraction of sp³-hybridized carbons (Fsp3) is 0.767. The molecule has 0 saturated carbocycles. The Morgan fingerprint density at radius 3 is 2.37 bits per heavy atom. The van der Waals surface area contributed by atoms with Crippen LogP contribution in [0, 0.1) is 11.8 Å². The van der Waals surface area contributed by atoms with E-state index in [9.17, 15) is 19.5 Å². The maximum atomic E-state index is 17.0. The molecule has 0 bridgehead atoms. The van der Waals surface area contributed by atoms with Gasteiger partial charge in [0.1, 0.15) is 17.9 Å². The summed E-state index contributed by atoms with van der Waals surface area (Å²) in [6.07, 6.45) is 0.615. The number of amides is 1. The SMILES string of the molecule is CCO[C@@H](O[C@@H]1[C@H](C)C(=O)C(C)(F)C(=O)O[C@H](CC)[C@@]2(C)OC(=O)N(CCCCn3cc(-c4ccccn4)nn3)[C@@H]2[C@@H](C)NC[C@H](C)C[C@@]1(C)OC)C(O)C(CC)N(C)C. The molecule has 2 saturated heterocycles. The third-order valence-electron chi connectivity index (χ3n) is 12.4. The first-order valence-electron chi connectivity index (χ1n) is 21.4. The first-order valence-corrected chi connectivity index (χ1v) is 21.4. The summed E-state index contributed by atoms with van der Waals surface area (Å²) in [6.45, 7) is 16.8. The number of carbonyl (C=O) groups is 3. The molecule has 12 atom stereocenters. The minimum Gasteiger partial charge on any atom is -0.455 e. The summed E-state index contributed by atoms with van der Waals surface area (Å²) in [5.74, 6) is -3.89. The zero-order chi connectivity index (χ0) is 44.6. The number of nitrogens with zero attached hydrogens (tertiary/aromatic N) is 6. The Balaban J connectivity index is 1.65. The summed E-state index contributed by atoms with van der Waals surface area (Å²) >= 11 is 0. The normalized spacial score (nSPS) is 32.5. The summed E-state index contributed by atoms with van der Waals surface area (Å²) in [4.78, 5) is 50.0. The molecule has 3 unspecified atom stereocenters. The highest BCUT2D eigenvalue weighted by Gasteiger charge is 2.60. The van der Waals surface area contributed by atoms with Crippen LogP contribution < -0.4 is 5.32 Å². The number of methoxy groups -OCH3 is 1. The molecule has 2 fully saturated rings. The van der Waals surface area contributed by atoms with E-state index in [-0.39, 0.29) is 25.0 Å². The Bertz CT molecular complexity index is 1700. The van der Waals surface area contributed by atoms with Crippen molar-refractivity contribution < 1.29 is 47.6 Å². The van der Waals surface area contributed by atoms with Gasteiger partial charge in [0.2, 0.25) is 0 Å². The lowest BCUT2D eigenvalue weighted by atomic mass is 9.78. The van der Waals surface area contributed by atoms with Gasteiger partial charge in [-0.2, -0.15) is 0 Å². The van der Waals surface area contributed by atoms with Crippen LogP contribution in [0.5, 0.6) is 0 Å². The van der Waals surface area contributed by atoms with Gasteiger partial charge < -0.3 is 39.0 Å². The summed E-state index contributed by atoms with van der Waals surface area (Å²) < 4.78 is 49.5. The zero-order valence-corrected chi connectivity index (χ0v) is 37.7. The Morgan fingerprint density at radius 1 is 1.07 bits per heavy atom. The minimum absolute atomic E-state index is 0.121. The van der Waals surface area contributed by atoms with Crippen LogP contribution in [0.2, 0.25) is 0 Å². The van der Waals surface area contributed by atoms with Crippen LogP contribution in [0.15, 0.2) is 30.6 Å².